The van der Waals surface area contributed by atoms with Crippen molar-refractivity contribution in [3.63, 3.8) is 0 Å². The van der Waals surface area contributed by atoms with Crippen molar-refractivity contribution in [1.29, 1.82) is 0 Å². The lowest BCUT2D eigenvalue weighted by Gasteiger charge is -2.36. The second-order valence-corrected chi connectivity index (χ2v) is 10.2. The average molecular weight is 400 g/mol. The number of carbonyl (C=O) groups is 2. The van der Waals surface area contributed by atoms with E-state index in [1.807, 2.05) is 34.2 Å². The van der Waals surface area contributed by atoms with Crippen LogP contribution < -0.4 is 4.90 Å². The summed E-state index contributed by atoms with van der Waals surface area (Å²) in [5, 5.41) is 1.09. The van der Waals surface area contributed by atoms with Gasteiger partial charge in [-0.25, -0.2) is 0 Å². The molecule has 0 bridgehead atoms. The number of nitrogens with zero attached hydrogens (tertiary/aromatic N) is 2. The maximum atomic E-state index is 13.8. The fourth-order valence-corrected chi connectivity index (χ4v) is 6.16. The first-order valence-electron chi connectivity index (χ1n) is 10.2. The molecule has 0 aliphatic carbocycles. The number of nitrogens with one attached hydrogen (secondary N) is 1. The first-order chi connectivity index (χ1) is 13.3. The summed E-state index contributed by atoms with van der Waals surface area (Å²) in [4.78, 5) is 33.1. The summed E-state index contributed by atoms with van der Waals surface area (Å²) in [5.74, 6) is 1.33. The van der Waals surface area contributed by atoms with E-state index in [1.165, 1.54) is 0 Å². The zero-order valence-corrected chi connectivity index (χ0v) is 17.9. The van der Waals surface area contributed by atoms with Gasteiger partial charge in [0, 0.05) is 41.0 Å². The molecule has 0 radical (unpaired) electrons. The summed E-state index contributed by atoms with van der Waals surface area (Å²) in [7, 11) is 0. The van der Waals surface area contributed by atoms with Crippen LogP contribution in [0, 0.1) is 5.92 Å². The van der Waals surface area contributed by atoms with Gasteiger partial charge in [-0.05, 0) is 56.9 Å². The van der Waals surface area contributed by atoms with Crippen molar-refractivity contribution in [2.45, 2.75) is 63.9 Å². The molecule has 2 aromatic rings. The van der Waals surface area contributed by atoms with Crippen molar-refractivity contribution < 1.29 is 9.59 Å². The molecule has 0 spiro atoms. The molecule has 2 fully saturated rings. The van der Waals surface area contributed by atoms with Gasteiger partial charge in [-0.1, -0.05) is 13.8 Å². The normalized spacial score (nSPS) is 25.5. The summed E-state index contributed by atoms with van der Waals surface area (Å²) in [5.41, 5.74) is 1.97. The fraction of sp³-hybridized carbons (Fsp3) is 0.545. The highest BCUT2D eigenvalue weighted by Crippen LogP contribution is 2.48. The third kappa shape index (κ3) is 3.21. The minimum atomic E-state index is -0.374. The number of thioether (sulfide) groups is 1. The van der Waals surface area contributed by atoms with Gasteiger partial charge in [-0.2, -0.15) is 0 Å². The number of benzene rings is 1. The Hall–Kier alpha value is -1.95. The third-order valence-electron chi connectivity index (χ3n) is 6.04. The maximum Gasteiger partial charge on any atom is 0.250 e. The first kappa shape index (κ1) is 19.4. The van der Waals surface area contributed by atoms with Gasteiger partial charge in [0.25, 0.3) is 5.91 Å². The van der Waals surface area contributed by atoms with E-state index in [0.29, 0.717) is 18.1 Å². The molecule has 28 heavy (non-hydrogen) atoms. The van der Waals surface area contributed by atoms with Crippen LogP contribution in [0.15, 0.2) is 30.5 Å². The van der Waals surface area contributed by atoms with Crippen LogP contribution in [0.5, 0.6) is 0 Å². The molecule has 2 aliphatic heterocycles. The summed E-state index contributed by atoms with van der Waals surface area (Å²) in [6, 6.07) is 7.84. The molecule has 1 aromatic carbocycles. The Balaban J connectivity index is 1.70. The number of fused-ring (bicyclic) bond motifs is 2. The van der Waals surface area contributed by atoms with Crippen molar-refractivity contribution in [1.82, 2.24) is 9.88 Å². The van der Waals surface area contributed by atoms with Gasteiger partial charge in [-0.3, -0.25) is 9.59 Å². The Morgan fingerprint density at radius 2 is 2.14 bits per heavy atom. The molecule has 0 saturated carbocycles. The molecule has 3 unspecified atom stereocenters. The van der Waals surface area contributed by atoms with Crippen molar-refractivity contribution in [3.8, 4) is 0 Å². The standard InChI is InChI=1S/C22H29N3O2S/c1-14(2)11-15(3)24(17-5-6-18-16(12-17)8-10-23-18)21(27)19-13-28-22(4)9-7-20(26)25(19)22/h5-6,8,10,12,14-15,19,23H,7,9,11,13H2,1-4H3. The smallest absolute Gasteiger partial charge is 0.250 e. The van der Waals surface area contributed by atoms with Crippen molar-refractivity contribution in [2.75, 3.05) is 10.7 Å². The lowest BCUT2D eigenvalue weighted by atomic mass is 10.0. The molecule has 2 saturated heterocycles. The van der Waals surface area contributed by atoms with Gasteiger partial charge in [0.15, 0.2) is 0 Å². The van der Waals surface area contributed by atoms with Crippen LogP contribution in [-0.4, -0.2) is 44.4 Å². The number of H-pyrrole nitrogens is 1. The molecule has 5 nitrogen and oxygen atoms in total. The number of anilines is 1. The van der Waals surface area contributed by atoms with E-state index in [4.69, 9.17) is 0 Å². The molecule has 3 atom stereocenters. The maximum absolute atomic E-state index is 13.8. The number of carbonyl (C=O) groups excluding carboxylic acids is 2. The molecule has 2 aliphatic rings. The van der Waals surface area contributed by atoms with Crippen molar-refractivity contribution in [2.24, 2.45) is 5.92 Å². The molecule has 4 rings (SSSR count). The number of aromatic nitrogens is 1. The molecule has 3 heterocycles. The average Bonchev–Trinajstić information content (AvgIpc) is 3.30. The molecule has 150 valence electrons. The van der Waals surface area contributed by atoms with Crippen LogP contribution in [0.1, 0.15) is 47.0 Å². The second kappa shape index (κ2) is 7.14. The van der Waals surface area contributed by atoms with Crippen LogP contribution in [0.25, 0.3) is 10.9 Å². The molecule has 1 aromatic heterocycles. The molecule has 1 N–H and O–H groups in total. The van der Waals surface area contributed by atoms with Gasteiger partial charge in [0.2, 0.25) is 5.91 Å². The summed E-state index contributed by atoms with van der Waals surface area (Å²) in [6.45, 7) is 8.58. The zero-order chi connectivity index (χ0) is 20.1. The number of aromatic amines is 1. The molecular weight excluding hydrogens is 370 g/mol. The van der Waals surface area contributed by atoms with Crippen LogP contribution in [0.3, 0.4) is 0 Å². The first-order valence-corrected chi connectivity index (χ1v) is 11.1. The predicted molar refractivity (Wildman–Crippen MR) is 115 cm³/mol. The SMILES string of the molecule is CC(C)CC(C)N(C(=O)C1CSC2(C)CCC(=O)N12)c1ccc2[nH]ccc2c1. The number of rotatable bonds is 5. The van der Waals surface area contributed by atoms with Gasteiger partial charge < -0.3 is 14.8 Å². The third-order valence-corrected chi connectivity index (χ3v) is 7.54. The fourth-order valence-electron chi connectivity index (χ4n) is 4.74. The van der Waals surface area contributed by atoms with Crippen LogP contribution in [0.2, 0.25) is 0 Å². The molecule has 2 amide bonds. The minimum absolute atomic E-state index is 0.0505. The lowest BCUT2D eigenvalue weighted by Crippen LogP contribution is -2.53. The highest BCUT2D eigenvalue weighted by atomic mass is 32.2. The number of amides is 2. The number of hydrogen-bond acceptors (Lipinski definition) is 3. The Kier molecular flexibility index (Phi) is 4.94. The highest BCUT2D eigenvalue weighted by Gasteiger charge is 2.54. The topological polar surface area (TPSA) is 56.4 Å². The Morgan fingerprint density at radius 1 is 1.36 bits per heavy atom. The van der Waals surface area contributed by atoms with Gasteiger partial charge in [0.05, 0.1) is 4.87 Å². The Bertz CT molecular complexity index is 908. The van der Waals surface area contributed by atoms with E-state index >= 15 is 0 Å². The highest BCUT2D eigenvalue weighted by molar-refractivity contribution is 8.01. The largest absolute Gasteiger partial charge is 0.361 e. The van der Waals surface area contributed by atoms with E-state index < -0.39 is 0 Å². The Labute approximate surface area is 170 Å². The van der Waals surface area contributed by atoms with Crippen LogP contribution in [0.4, 0.5) is 5.69 Å². The second-order valence-electron chi connectivity index (χ2n) is 8.70. The van der Waals surface area contributed by atoms with E-state index in [0.717, 1.165) is 29.4 Å². The van der Waals surface area contributed by atoms with Gasteiger partial charge >= 0.3 is 0 Å². The molecule has 6 heteroatoms. The van der Waals surface area contributed by atoms with Crippen LogP contribution in [-0.2, 0) is 9.59 Å². The van der Waals surface area contributed by atoms with Crippen LogP contribution >= 0.6 is 11.8 Å². The van der Waals surface area contributed by atoms with E-state index in [9.17, 15) is 9.59 Å². The Morgan fingerprint density at radius 3 is 2.89 bits per heavy atom. The monoisotopic (exact) mass is 399 g/mol. The van der Waals surface area contributed by atoms with Crippen molar-refractivity contribution in [3.05, 3.63) is 30.5 Å². The van der Waals surface area contributed by atoms with E-state index in [1.54, 1.807) is 11.8 Å². The van der Waals surface area contributed by atoms with Gasteiger partial charge in [-0.15, -0.1) is 11.8 Å². The minimum Gasteiger partial charge on any atom is -0.361 e. The number of hydrogen-bond donors (Lipinski definition) is 1. The summed E-state index contributed by atoms with van der Waals surface area (Å²) < 4.78 is 0. The summed E-state index contributed by atoms with van der Waals surface area (Å²) >= 11 is 1.75. The predicted octanol–water partition coefficient (Wildman–Crippen LogP) is 4.39. The van der Waals surface area contributed by atoms with Gasteiger partial charge in [0.1, 0.15) is 6.04 Å². The van der Waals surface area contributed by atoms with E-state index in [2.05, 4.69) is 38.7 Å². The molecular formula is C22H29N3O2S. The lowest BCUT2D eigenvalue weighted by molar-refractivity contribution is -0.137. The summed E-state index contributed by atoms with van der Waals surface area (Å²) in [6.07, 6.45) is 4.21. The zero-order valence-electron chi connectivity index (χ0n) is 17.1. The van der Waals surface area contributed by atoms with E-state index in [-0.39, 0.29) is 28.8 Å². The van der Waals surface area contributed by atoms with Crippen molar-refractivity contribution >= 4 is 40.2 Å². The quantitative estimate of drug-likeness (QED) is 0.811.